The Hall–Kier alpha value is -4.83. The van der Waals surface area contributed by atoms with Crippen molar-refractivity contribution in [1.29, 1.82) is 0 Å². The van der Waals surface area contributed by atoms with Gasteiger partial charge in [0.2, 0.25) is 4.96 Å². The topological polar surface area (TPSA) is 83.5 Å². The molecule has 0 aliphatic carbocycles. The number of halogens is 1. The van der Waals surface area contributed by atoms with Gasteiger partial charge in [0.15, 0.2) is 17.4 Å². The quantitative estimate of drug-likeness (QED) is 0.321. The first-order valence-electron chi connectivity index (χ1n) is 11.6. The standard InChI is InChI=1S/C28H20FN5O3S/c1-36-21-11-8-17(9-12-21)26-30-28-34(32-26)27(35)24(38-28)15-19-16-33(20-6-4-3-5-7-20)31-25(19)18-10-13-23(37-2)22(29)14-18/h3-16H,1-2H3. The van der Waals surface area contributed by atoms with Crippen molar-refractivity contribution in [2.75, 3.05) is 14.2 Å². The Kier molecular flexibility index (Phi) is 5.93. The number of thiazole rings is 1. The molecule has 0 spiro atoms. The van der Waals surface area contributed by atoms with E-state index in [0.717, 1.165) is 17.0 Å². The molecule has 0 unspecified atom stereocenters. The number of hydrogen-bond acceptors (Lipinski definition) is 7. The number of hydrogen-bond donors (Lipinski definition) is 0. The lowest BCUT2D eigenvalue weighted by molar-refractivity contribution is 0.386. The van der Waals surface area contributed by atoms with Crippen LogP contribution < -0.4 is 19.6 Å². The fraction of sp³-hybridized carbons (Fsp3) is 0.0714. The predicted molar refractivity (Wildman–Crippen MR) is 143 cm³/mol. The molecule has 3 aromatic heterocycles. The zero-order chi connectivity index (χ0) is 26.2. The molecule has 6 aromatic rings. The summed E-state index contributed by atoms with van der Waals surface area (Å²) in [5, 5.41) is 9.14. The summed E-state index contributed by atoms with van der Waals surface area (Å²) >= 11 is 1.23. The average Bonchev–Trinajstić information content (AvgIpc) is 3.64. The van der Waals surface area contributed by atoms with Crippen LogP contribution in [0.5, 0.6) is 11.5 Å². The maximum atomic E-state index is 14.6. The van der Waals surface area contributed by atoms with Crippen molar-refractivity contribution < 1.29 is 13.9 Å². The fourth-order valence-electron chi connectivity index (χ4n) is 4.08. The van der Waals surface area contributed by atoms with Gasteiger partial charge in [-0.3, -0.25) is 4.79 Å². The van der Waals surface area contributed by atoms with E-state index in [9.17, 15) is 9.18 Å². The Labute approximate surface area is 219 Å². The first-order valence-corrected chi connectivity index (χ1v) is 12.4. The second kappa shape index (κ2) is 9.56. The lowest BCUT2D eigenvalue weighted by Crippen LogP contribution is -2.23. The van der Waals surface area contributed by atoms with Gasteiger partial charge in [-0.2, -0.15) is 14.6 Å². The number of para-hydroxylation sites is 1. The van der Waals surface area contributed by atoms with E-state index < -0.39 is 5.82 Å². The van der Waals surface area contributed by atoms with E-state index in [1.165, 1.54) is 29.0 Å². The Morgan fingerprint density at radius 1 is 0.921 bits per heavy atom. The van der Waals surface area contributed by atoms with Crippen LogP contribution >= 0.6 is 11.3 Å². The molecule has 38 heavy (non-hydrogen) atoms. The summed E-state index contributed by atoms with van der Waals surface area (Å²) in [5.41, 5.74) is 3.04. The van der Waals surface area contributed by atoms with E-state index in [1.54, 1.807) is 30.0 Å². The summed E-state index contributed by atoms with van der Waals surface area (Å²) < 4.78 is 28.3. The summed E-state index contributed by atoms with van der Waals surface area (Å²) in [6, 6.07) is 21.5. The van der Waals surface area contributed by atoms with E-state index in [1.807, 2.05) is 60.8 Å². The third kappa shape index (κ3) is 4.20. The minimum absolute atomic E-state index is 0.141. The van der Waals surface area contributed by atoms with Gasteiger partial charge in [-0.25, -0.2) is 9.07 Å². The zero-order valence-electron chi connectivity index (χ0n) is 20.3. The molecular weight excluding hydrogens is 505 g/mol. The highest BCUT2D eigenvalue weighted by Crippen LogP contribution is 2.28. The van der Waals surface area contributed by atoms with Gasteiger partial charge in [0.25, 0.3) is 5.56 Å². The summed E-state index contributed by atoms with van der Waals surface area (Å²) in [5.74, 6) is 0.815. The van der Waals surface area contributed by atoms with Crippen LogP contribution in [0.2, 0.25) is 0 Å². The molecule has 3 heterocycles. The highest BCUT2D eigenvalue weighted by atomic mass is 32.1. The van der Waals surface area contributed by atoms with E-state index in [-0.39, 0.29) is 11.3 Å². The van der Waals surface area contributed by atoms with Crippen LogP contribution in [0, 0.1) is 5.82 Å². The molecule has 0 bridgehead atoms. The van der Waals surface area contributed by atoms with E-state index in [4.69, 9.17) is 14.6 Å². The van der Waals surface area contributed by atoms with Crippen LogP contribution in [0.15, 0.2) is 83.8 Å². The summed E-state index contributed by atoms with van der Waals surface area (Å²) in [6.07, 6.45) is 3.55. The second-order valence-electron chi connectivity index (χ2n) is 8.34. The van der Waals surface area contributed by atoms with Crippen molar-refractivity contribution in [3.05, 3.63) is 105 Å². The first-order chi connectivity index (χ1) is 18.5. The van der Waals surface area contributed by atoms with Crippen molar-refractivity contribution in [2.24, 2.45) is 0 Å². The van der Waals surface area contributed by atoms with Crippen molar-refractivity contribution in [2.45, 2.75) is 0 Å². The van der Waals surface area contributed by atoms with Gasteiger partial charge in [-0.05, 0) is 60.7 Å². The Morgan fingerprint density at radius 2 is 1.68 bits per heavy atom. The van der Waals surface area contributed by atoms with E-state index >= 15 is 0 Å². The monoisotopic (exact) mass is 525 g/mol. The van der Waals surface area contributed by atoms with Crippen LogP contribution in [-0.4, -0.2) is 38.6 Å². The summed E-state index contributed by atoms with van der Waals surface area (Å²) in [6.45, 7) is 0. The molecule has 0 aliphatic rings. The number of nitrogens with zero attached hydrogens (tertiary/aromatic N) is 5. The third-order valence-electron chi connectivity index (χ3n) is 6.01. The number of aromatic nitrogens is 5. The normalized spacial score (nSPS) is 11.8. The molecule has 0 saturated carbocycles. The highest BCUT2D eigenvalue weighted by molar-refractivity contribution is 7.15. The molecule has 10 heteroatoms. The summed E-state index contributed by atoms with van der Waals surface area (Å²) in [4.78, 5) is 18.3. The second-order valence-corrected chi connectivity index (χ2v) is 9.35. The van der Waals surface area contributed by atoms with Crippen molar-refractivity contribution in [3.63, 3.8) is 0 Å². The molecule has 0 N–H and O–H groups in total. The molecule has 3 aromatic carbocycles. The number of ether oxygens (including phenoxy) is 2. The van der Waals surface area contributed by atoms with Gasteiger partial charge in [0, 0.05) is 22.9 Å². The van der Waals surface area contributed by atoms with Crippen molar-refractivity contribution in [3.8, 4) is 39.8 Å². The number of fused-ring (bicyclic) bond motifs is 1. The van der Waals surface area contributed by atoms with Gasteiger partial charge in [0.1, 0.15) is 11.4 Å². The molecular formula is C28H20FN5O3S. The van der Waals surface area contributed by atoms with E-state index in [0.29, 0.717) is 32.1 Å². The number of benzene rings is 3. The molecule has 0 amide bonds. The van der Waals surface area contributed by atoms with Gasteiger partial charge in [-0.15, -0.1) is 5.10 Å². The first kappa shape index (κ1) is 23.6. The number of rotatable bonds is 6. The molecule has 0 radical (unpaired) electrons. The average molecular weight is 526 g/mol. The van der Waals surface area contributed by atoms with Crippen LogP contribution in [0.3, 0.4) is 0 Å². The van der Waals surface area contributed by atoms with Crippen molar-refractivity contribution in [1.82, 2.24) is 24.4 Å². The molecule has 0 saturated heterocycles. The smallest absolute Gasteiger partial charge is 0.291 e. The third-order valence-corrected chi connectivity index (χ3v) is 6.96. The number of methoxy groups -OCH3 is 2. The van der Waals surface area contributed by atoms with Gasteiger partial charge >= 0.3 is 0 Å². The van der Waals surface area contributed by atoms with Crippen LogP contribution in [-0.2, 0) is 0 Å². The fourth-order valence-corrected chi connectivity index (χ4v) is 4.98. The van der Waals surface area contributed by atoms with E-state index in [2.05, 4.69) is 10.1 Å². The lowest BCUT2D eigenvalue weighted by Gasteiger charge is -2.04. The SMILES string of the molecule is COc1ccc(-c2nc3sc(=Cc4cn(-c5ccccc5)nc4-c4ccc(OC)c(F)c4)c(=O)n3n2)cc1. The Morgan fingerprint density at radius 3 is 2.37 bits per heavy atom. The minimum atomic E-state index is -0.500. The van der Waals surface area contributed by atoms with Gasteiger partial charge in [-0.1, -0.05) is 29.5 Å². The Bertz CT molecular complexity index is 1880. The molecule has 188 valence electrons. The Balaban J connectivity index is 1.46. The van der Waals surface area contributed by atoms with Gasteiger partial charge < -0.3 is 9.47 Å². The predicted octanol–water partition coefficient (Wildman–Crippen LogP) is 4.37. The van der Waals surface area contributed by atoms with Crippen LogP contribution in [0.25, 0.3) is 39.4 Å². The van der Waals surface area contributed by atoms with Crippen molar-refractivity contribution >= 4 is 22.4 Å². The molecule has 0 fully saturated rings. The zero-order valence-corrected chi connectivity index (χ0v) is 21.1. The maximum absolute atomic E-state index is 14.6. The van der Waals surface area contributed by atoms with Gasteiger partial charge in [0.05, 0.1) is 24.4 Å². The highest BCUT2D eigenvalue weighted by Gasteiger charge is 2.16. The molecule has 0 atom stereocenters. The maximum Gasteiger partial charge on any atom is 0.291 e. The minimum Gasteiger partial charge on any atom is -0.497 e. The largest absolute Gasteiger partial charge is 0.497 e. The van der Waals surface area contributed by atoms with Crippen LogP contribution in [0.4, 0.5) is 4.39 Å². The molecule has 8 nitrogen and oxygen atoms in total. The lowest BCUT2D eigenvalue weighted by atomic mass is 10.1. The molecule has 0 aliphatic heterocycles. The molecule has 6 rings (SSSR count). The summed E-state index contributed by atoms with van der Waals surface area (Å²) in [7, 11) is 3.01. The van der Waals surface area contributed by atoms with Crippen LogP contribution in [0.1, 0.15) is 5.56 Å².